The van der Waals surface area contributed by atoms with Crippen LogP contribution >= 0.6 is 15.9 Å². The lowest BCUT2D eigenvalue weighted by Crippen LogP contribution is -2.47. The summed E-state index contributed by atoms with van der Waals surface area (Å²) in [7, 11) is 0. The molecule has 2 amide bonds. The minimum atomic E-state index is -0.793. The summed E-state index contributed by atoms with van der Waals surface area (Å²) >= 11 is 3.23. The molecule has 2 rings (SSSR count). The lowest BCUT2D eigenvalue weighted by Gasteiger charge is -2.15. The van der Waals surface area contributed by atoms with Crippen molar-refractivity contribution in [1.29, 1.82) is 0 Å². The number of hydrogen-bond acceptors (Lipinski definition) is 5. The summed E-state index contributed by atoms with van der Waals surface area (Å²) in [6, 6.07) is 8.52. The second kappa shape index (κ2) is 9.03. The maximum Gasteiger partial charge on any atom is 0.279 e. The molecule has 0 unspecified atom stereocenters. The van der Waals surface area contributed by atoms with Crippen LogP contribution in [-0.2, 0) is 4.79 Å². The second-order valence-electron chi connectivity index (χ2n) is 5.00. The number of halogens is 1. The van der Waals surface area contributed by atoms with E-state index in [0.717, 1.165) is 5.75 Å². The molecule has 1 aromatic heterocycles. The molecule has 132 valence electrons. The highest BCUT2D eigenvalue weighted by atomic mass is 79.9. The number of benzene rings is 1. The molecule has 8 heteroatoms. The lowest BCUT2D eigenvalue weighted by molar-refractivity contribution is -0.128. The van der Waals surface area contributed by atoms with Crippen molar-refractivity contribution in [2.45, 2.75) is 20.0 Å². The molecule has 0 radical (unpaired) electrons. The summed E-state index contributed by atoms with van der Waals surface area (Å²) in [5.41, 5.74) is 4.95. The highest BCUT2D eigenvalue weighted by Gasteiger charge is 2.16. The van der Waals surface area contributed by atoms with Gasteiger partial charge in [0.15, 0.2) is 6.10 Å². The maximum atomic E-state index is 12.0. The maximum absolute atomic E-state index is 12.0. The highest BCUT2D eigenvalue weighted by Crippen LogP contribution is 2.18. The molecule has 7 nitrogen and oxygen atoms in total. The van der Waals surface area contributed by atoms with Crippen LogP contribution in [0, 0.1) is 0 Å². The summed E-state index contributed by atoms with van der Waals surface area (Å²) in [4.78, 5) is 27.8. The van der Waals surface area contributed by atoms with Crippen LogP contribution in [-0.4, -0.2) is 29.5 Å². The van der Waals surface area contributed by atoms with Crippen molar-refractivity contribution < 1.29 is 19.1 Å². The van der Waals surface area contributed by atoms with Crippen LogP contribution in [0.25, 0.3) is 0 Å². The minimum Gasteiger partial charge on any atom is -0.494 e. The normalized spacial score (nSPS) is 11.3. The first-order valence-electron chi connectivity index (χ1n) is 7.60. The van der Waals surface area contributed by atoms with Crippen molar-refractivity contribution >= 4 is 27.7 Å². The van der Waals surface area contributed by atoms with E-state index in [4.69, 9.17) is 9.47 Å². The second-order valence-corrected chi connectivity index (χ2v) is 5.92. The number of carbonyl (C=O) groups excluding carboxylic acids is 2. The highest BCUT2D eigenvalue weighted by molar-refractivity contribution is 9.10. The summed E-state index contributed by atoms with van der Waals surface area (Å²) in [5, 5.41) is 0. The number of hydrogen-bond donors (Lipinski definition) is 2. The third-order valence-electron chi connectivity index (χ3n) is 3.08. The van der Waals surface area contributed by atoms with Gasteiger partial charge in [0, 0.05) is 16.9 Å². The summed E-state index contributed by atoms with van der Waals surface area (Å²) in [5.74, 6) is 0.288. The van der Waals surface area contributed by atoms with E-state index in [0.29, 0.717) is 22.4 Å². The fraction of sp³-hybridized carbons (Fsp3) is 0.235. The molecule has 0 fully saturated rings. The average molecular weight is 408 g/mol. The van der Waals surface area contributed by atoms with Crippen molar-refractivity contribution in [3.8, 4) is 11.5 Å². The lowest BCUT2D eigenvalue weighted by atomic mass is 10.3. The van der Waals surface area contributed by atoms with Crippen LogP contribution < -0.4 is 20.3 Å². The summed E-state index contributed by atoms with van der Waals surface area (Å²) in [6.45, 7) is 4.06. The number of hydrazine groups is 1. The van der Waals surface area contributed by atoms with Gasteiger partial charge < -0.3 is 9.47 Å². The standard InChI is InChI=1S/C17H18BrN3O4/c1-3-24-14-4-6-15(7-5-14)25-11(2)16(22)20-21-17(23)12-8-13(18)10-19-9-12/h4-11H,3H2,1-2H3,(H,20,22)(H,21,23)/t11-/m1/s1. The molecular weight excluding hydrogens is 390 g/mol. The Morgan fingerprint density at radius 1 is 1.16 bits per heavy atom. The predicted octanol–water partition coefficient (Wildman–Crippen LogP) is 2.47. The Bertz CT molecular complexity index is 737. The van der Waals surface area contributed by atoms with E-state index in [1.54, 1.807) is 43.5 Å². The van der Waals surface area contributed by atoms with Crippen molar-refractivity contribution in [2.24, 2.45) is 0 Å². The average Bonchev–Trinajstić information content (AvgIpc) is 2.61. The van der Waals surface area contributed by atoms with Gasteiger partial charge in [-0.15, -0.1) is 0 Å². The molecule has 0 bridgehead atoms. The fourth-order valence-corrected chi connectivity index (χ4v) is 2.23. The molecule has 1 heterocycles. The van der Waals surface area contributed by atoms with E-state index in [1.807, 2.05) is 6.92 Å². The monoisotopic (exact) mass is 407 g/mol. The van der Waals surface area contributed by atoms with Gasteiger partial charge in [0.05, 0.1) is 12.2 Å². The SMILES string of the molecule is CCOc1ccc(O[C@H](C)C(=O)NNC(=O)c2cncc(Br)c2)cc1. The van der Waals surface area contributed by atoms with Crippen LogP contribution in [0.4, 0.5) is 0 Å². The largest absolute Gasteiger partial charge is 0.494 e. The van der Waals surface area contributed by atoms with Crippen molar-refractivity contribution in [3.05, 3.63) is 52.8 Å². The number of rotatable bonds is 6. The van der Waals surface area contributed by atoms with Gasteiger partial charge in [-0.3, -0.25) is 25.4 Å². The zero-order valence-electron chi connectivity index (χ0n) is 13.8. The van der Waals surface area contributed by atoms with Gasteiger partial charge in [-0.25, -0.2) is 0 Å². The molecule has 2 aromatic rings. The number of nitrogens with one attached hydrogen (secondary N) is 2. The van der Waals surface area contributed by atoms with E-state index in [1.165, 1.54) is 6.20 Å². The first-order chi connectivity index (χ1) is 12.0. The van der Waals surface area contributed by atoms with E-state index in [2.05, 4.69) is 31.8 Å². The molecule has 0 aliphatic heterocycles. The van der Waals surface area contributed by atoms with Gasteiger partial charge >= 0.3 is 0 Å². The van der Waals surface area contributed by atoms with Gasteiger partial charge in [0.25, 0.3) is 11.8 Å². The fourth-order valence-electron chi connectivity index (χ4n) is 1.87. The Balaban J connectivity index is 1.84. The van der Waals surface area contributed by atoms with Crippen LogP contribution in [0.5, 0.6) is 11.5 Å². The third-order valence-corrected chi connectivity index (χ3v) is 3.52. The predicted molar refractivity (Wildman–Crippen MR) is 95.2 cm³/mol. The van der Waals surface area contributed by atoms with E-state index >= 15 is 0 Å². The number of carbonyl (C=O) groups is 2. The van der Waals surface area contributed by atoms with E-state index in [-0.39, 0.29) is 0 Å². The first-order valence-corrected chi connectivity index (χ1v) is 8.39. The third kappa shape index (κ3) is 5.75. The Morgan fingerprint density at radius 2 is 1.84 bits per heavy atom. The number of amides is 2. The number of nitrogens with zero attached hydrogens (tertiary/aromatic N) is 1. The van der Waals surface area contributed by atoms with Gasteiger partial charge in [-0.1, -0.05) is 0 Å². The Hall–Kier alpha value is -2.61. The molecule has 2 N–H and O–H groups in total. The van der Waals surface area contributed by atoms with Gasteiger partial charge in [-0.05, 0) is 60.1 Å². The molecule has 1 atom stereocenters. The zero-order chi connectivity index (χ0) is 18.2. The van der Waals surface area contributed by atoms with E-state index < -0.39 is 17.9 Å². The van der Waals surface area contributed by atoms with Gasteiger partial charge in [-0.2, -0.15) is 0 Å². The molecular formula is C17H18BrN3O4. The minimum absolute atomic E-state index is 0.315. The molecule has 0 saturated carbocycles. The Kier molecular flexibility index (Phi) is 6.76. The van der Waals surface area contributed by atoms with Gasteiger partial charge in [0.2, 0.25) is 0 Å². The topological polar surface area (TPSA) is 89.5 Å². The summed E-state index contributed by atoms with van der Waals surface area (Å²) < 4.78 is 11.5. The van der Waals surface area contributed by atoms with Crippen LogP contribution in [0.2, 0.25) is 0 Å². The summed E-state index contributed by atoms with van der Waals surface area (Å²) in [6.07, 6.45) is 2.16. The molecule has 0 aliphatic carbocycles. The van der Waals surface area contributed by atoms with Crippen LogP contribution in [0.1, 0.15) is 24.2 Å². The number of pyridine rings is 1. The van der Waals surface area contributed by atoms with Crippen LogP contribution in [0.3, 0.4) is 0 Å². The smallest absolute Gasteiger partial charge is 0.279 e. The molecule has 25 heavy (non-hydrogen) atoms. The van der Waals surface area contributed by atoms with Crippen molar-refractivity contribution in [3.63, 3.8) is 0 Å². The number of ether oxygens (including phenoxy) is 2. The molecule has 1 aromatic carbocycles. The first kappa shape index (κ1) is 18.7. The molecule has 0 aliphatic rings. The Labute approximate surface area is 153 Å². The van der Waals surface area contributed by atoms with Gasteiger partial charge in [0.1, 0.15) is 11.5 Å². The quantitative estimate of drug-likeness (QED) is 0.717. The van der Waals surface area contributed by atoms with E-state index in [9.17, 15) is 9.59 Å². The number of aromatic nitrogens is 1. The van der Waals surface area contributed by atoms with Crippen LogP contribution in [0.15, 0.2) is 47.2 Å². The van der Waals surface area contributed by atoms with Crippen molar-refractivity contribution in [1.82, 2.24) is 15.8 Å². The van der Waals surface area contributed by atoms with Crippen molar-refractivity contribution in [2.75, 3.05) is 6.61 Å². The molecule has 0 saturated heterocycles. The Morgan fingerprint density at radius 3 is 2.48 bits per heavy atom. The zero-order valence-corrected chi connectivity index (χ0v) is 15.4. The molecule has 0 spiro atoms.